The number of halogens is 2. The molecule has 0 unspecified atom stereocenters. The predicted octanol–water partition coefficient (Wildman–Crippen LogP) is -1.10. The van der Waals surface area contributed by atoms with Crippen molar-refractivity contribution in [1.82, 2.24) is 9.55 Å². The maximum atomic E-state index is 11.9. The van der Waals surface area contributed by atoms with E-state index < -0.39 is 39.9 Å². The van der Waals surface area contributed by atoms with Crippen LogP contribution in [-0.4, -0.2) is 49.8 Å². The molecular formula is C11H12ClIN2O6. The van der Waals surface area contributed by atoms with Crippen molar-refractivity contribution in [2.75, 3.05) is 6.61 Å². The van der Waals surface area contributed by atoms with Crippen LogP contribution in [0, 0.1) is 0 Å². The fourth-order valence-electron chi connectivity index (χ4n) is 2.01. The summed E-state index contributed by atoms with van der Waals surface area (Å²) in [6.45, 7) is -0.532. The molecule has 2 rings (SSSR count). The molecule has 8 nitrogen and oxygen atoms in total. The van der Waals surface area contributed by atoms with Gasteiger partial charge in [0.15, 0.2) is 0 Å². The maximum Gasteiger partial charge on any atom is 0.331 e. The molecule has 2 heterocycles. The van der Waals surface area contributed by atoms with Crippen molar-refractivity contribution in [2.45, 2.75) is 22.0 Å². The molecule has 116 valence electrons. The number of aliphatic hydroxyl groups is 3. The lowest BCUT2D eigenvalue weighted by Crippen LogP contribution is -2.47. The van der Waals surface area contributed by atoms with Crippen molar-refractivity contribution >= 4 is 40.3 Å². The van der Waals surface area contributed by atoms with Gasteiger partial charge in [-0.3, -0.25) is 14.3 Å². The van der Waals surface area contributed by atoms with E-state index in [-0.39, 0.29) is 5.56 Å². The molecule has 21 heavy (non-hydrogen) atoms. The van der Waals surface area contributed by atoms with E-state index in [0.717, 1.165) is 16.3 Å². The zero-order valence-electron chi connectivity index (χ0n) is 10.4. The molecule has 0 aliphatic carbocycles. The van der Waals surface area contributed by atoms with E-state index in [1.165, 1.54) is 6.08 Å². The van der Waals surface area contributed by atoms with Crippen LogP contribution in [0.25, 0.3) is 6.08 Å². The van der Waals surface area contributed by atoms with Crippen molar-refractivity contribution in [3.8, 4) is 0 Å². The lowest BCUT2D eigenvalue weighted by molar-refractivity contribution is -0.0689. The number of ether oxygens (including phenoxy) is 1. The molecule has 1 saturated heterocycles. The molecule has 0 radical (unpaired) electrons. The quantitative estimate of drug-likeness (QED) is 0.357. The zero-order valence-corrected chi connectivity index (χ0v) is 13.4. The first-order valence-corrected chi connectivity index (χ1v) is 7.33. The van der Waals surface area contributed by atoms with E-state index in [2.05, 4.69) is 4.98 Å². The molecule has 10 heteroatoms. The molecule has 4 N–H and O–H groups in total. The van der Waals surface area contributed by atoms with Gasteiger partial charge in [-0.25, -0.2) is 4.79 Å². The summed E-state index contributed by atoms with van der Waals surface area (Å²) in [6.07, 6.45) is -1.49. The van der Waals surface area contributed by atoms with Crippen LogP contribution < -0.4 is 11.2 Å². The standard InChI is InChI=1S/C11H12ClIN2O6/c12-2-1-5-3-15(10(20)14-9(5)19)11(13)8(18)7(17)6(4-16)21-11/h1-3,6-8,16-18H,4H2,(H,14,19,20)/b2-1+/t6-,7-,8-,11+/m1/s1. The van der Waals surface area contributed by atoms with Crippen LogP contribution in [0.3, 0.4) is 0 Å². The van der Waals surface area contributed by atoms with Crippen molar-refractivity contribution < 1.29 is 20.1 Å². The Bertz CT molecular complexity index is 673. The molecule has 0 bridgehead atoms. The average molecular weight is 431 g/mol. The number of hydrogen-bond donors (Lipinski definition) is 4. The molecule has 1 aliphatic rings. The number of aliphatic hydroxyl groups excluding tert-OH is 3. The highest BCUT2D eigenvalue weighted by Crippen LogP contribution is 2.40. The third-order valence-electron chi connectivity index (χ3n) is 3.11. The summed E-state index contributed by atoms with van der Waals surface area (Å²) < 4.78 is 4.65. The largest absolute Gasteiger partial charge is 0.394 e. The Labute approximate surface area is 136 Å². The van der Waals surface area contributed by atoms with Gasteiger partial charge in [0.05, 0.1) is 12.2 Å². The first-order valence-electron chi connectivity index (χ1n) is 5.82. The first-order chi connectivity index (χ1) is 9.85. The zero-order chi connectivity index (χ0) is 15.8. The van der Waals surface area contributed by atoms with Gasteiger partial charge in [0, 0.05) is 11.7 Å². The third-order valence-corrected chi connectivity index (χ3v) is 4.64. The summed E-state index contributed by atoms with van der Waals surface area (Å²) in [5.74, 6) is 0. The number of hydrogen-bond acceptors (Lipinski definition) is 6. The summed E-state index contributed by atoms with van der Waals surface area (Å²) >= 11 is 7.05. The molecule has 1 aromatic rings. The van der Waals surface area contributed by atoms with Crippen LogP contribution in [0.4, 0.5) is 0 Å². The van der Waals surface area contributed by atoms with Gasteiger partial charge in [-0.1, -0.05) is 11.6 Å². The second-order valence-electron chi connectivity index (χ2n) is 4.39. The maximum absolute atomic E-state index is 11.9. The average Bonchev–Trinajstić information content (AvgIpc) is 2.67. The fourth-order valence-corrected chi connectivity index (χ4v) is 3.20. The Kier molecular flexibility index (Phi) is 4.90. The minimum absolute atomic E-state index is 0.0679. The van der Waals surface area contributed by atoms with E-state index in [1.807, 2.05) is 0 Å². The van der Waals surface area contributed by atoms with Crippen molar-refractivity contribution in [3.63, 3.8) is 0 Å². The van der Waals surface area contributed by atoms with E-state index in [1.54, 1.807) is 22.6 Å². The normalized spacial score (nSPS) is 32.9. The minimum Gasteiger partial charge on any atom is -0.394 e. The fraction of sp³-hybridized carbons (Fsp3) is 0.455. The van der Waals surface area contributed by atoms with Gasteiger partial charge in [-0.05, 0) is 28.7 Å². The molecule has 0 spiro atoms. The summed E-state index contributed by atoms with van der Waals surface area (Å²) in [5.41, 5.74) is -0.319. The Morgan fingerprint density at radius 2 is 2.19 bits per heavy atom. The Balaban J connectivity index is 2.58. The monoisotopic (exact) mass is 430 g/mol. The first kappa shape index (κ1) is 16.6. The van der Waals surface area contributed by atoms with E-state index >= 15 is 0 Å². The highest BCUT2D eigenvalue weighted by atomic mass is 127. The minimum atomic E-state index is -1.67. The molecule has 1 fully saturated rings. The van der Waals surface area contributed by atoms with Gasteiger partial charge in [0.25, 0.3) is 5.56 Å². The lowest BCUT2D eigenvalue weighted by Gasteiger charge is -2.27. The molecule has 1 aromatic heterocycles. The van der Waals surface area contributed by atoms with Gasteiger partial charge in [0.2, 0.25) is 3.73 Å². The van der Waals surface area contributed by atoms with Gasteiger partial charge < -0.3 is 20.1 Å². The number of alkyl halides is 1. The van der Waals surface area contributed by atoms with E-state index in [4.69, 9.17) is 21.4 Å². The smallest absolute Gasteiger partial charge is 0.331 e. The van der Waals surface area contributed by atoms with Gasteiger partial charge >= 0.3 is 5.69 Å². The molecule has 0 amide bonds. The highest BCUT2D eigenvalue weighted by Gasteiger charge is 2.54. The van der Waals surface area contributed by atoms with Crippen molar-refractivity contribution in [2.24, 2.45) is 0 Å². The number of H-pyrrole nitrogens is 1. The summed E-state index contributed by atoms with van der Waals surface area (Å²) in [4.78, 5) is 25.6. The van der Waals surface area contributed by atoms with Crippen LogP contribution in [0.1, 0.15) is 5.56 Å². The molecular weight excluding hydrogens is 418 g/mol. The predicted molar refractivity (Wildman–Crippen MR) is 82.2 cm³/mol. The van der Waals surface area contributed by atoms with Crippen LogP contribution in [0.15, 0.2) is 21.3 Å². The Morgan fingerprint density at radius 1 is 1.52 bits per heavy atom. The topological polar surface area (TPSA) is 125 Å². The second kappa shape index (κ2) is 6.18. The third kappa shape index (κ3) is 2.81. The SMILES string of the molecule is O=c1[nH]c(=O)n([C@]2(I)O[C@H](CO)[C@@H](O)[C@H]2O)cc1/C=C/Cl. The summed E-state index contributed by atoms with van der Waals surface area (Å²) in [5, 5.41) is 29.0. The second-order valence-corrected chi connectivity index (χ2v) is 6.19. The molecule has 0 aromatic carbocycles. The molecule has 4 atom stereocenters. The van der Waals surface area contributed by atoms with Crippen LogP contribution in [0.5, 0.6) is 0 Å². The van der Waals surface area contributed by atoms with Crippen LogP contribution in [-0.2, 0) is 8.47 Å². The Hall–Kier alpha value is -0.720. The number of nitrogens with one attached hydrogen (secondary N) is 1. The summed E-state index contributed by atoms with van der Waals surface area (Å²) in [6, 6.07) is 0. The van der Waals surface area contributed by atoms with Gasteiger partial charge in [-0.15, -0.1) is 0 Å². The number of nitrogens with zero attached hydrogens (tertiary/aromatic N) is 1. The Morgan fingerprint density at radius 3 is 2.71 bits per heavy atom. The molecule has 1 aliphatic heterocycles. The number of aromatic amines is 1. The number of rotatable bonds is 3. The van der Waals surface area contributed by atoms with Crippen LogP contribution >= 0.6 is 34.2 Å². The van der Waals surface area contributed by atoms with E-state index in [0.29, 0.717) is 0 Å². The van der Waals surface area contributed by atoms with Gasteiger partial charge in [0.1, 0.15) is 18.3 Å². The lowest BCUT2D eigenvalue weighted by atomic mass is 10.1. The van der Waals surface area contributed by atoms with Gasteiger partial charge in [-0.2, -0.15) is 0 Å². The van der Waals surface area contributed by atoms with Crippen molar-refractivity contribution in [1.29, 1.82) is 0 Å². The van der Waals surface area contributed by atoms with E-state index in [9.17, 15) is 19.8 Å². The van der Waals surface area contributed by atoms with Crippen molar-refractivity contribution in [3.05, 3.63) is 38.1 Å². The van der Waals surface area contributed by atoms with Crippen LogP contribution in [0.2, 0.25) is 0 Å². The summed E-state index contributed by atoms with van der Waals surface area (Å²) in [7, 11) is 0. The number of aromatic nitrogens is 2. The highest BCUT2D eigenvalue weighted by molar-refractivity contribution is 14.1. The molecule has 0 saturated carbocycles.